The summed E-state index contributed by atoms with van der Waals surface area (Å²) in [6.07, 6.45) is 5.40. The average molecular weight is 340 g/mol. The first-order valence-electron chi connectivity index (χ1n) is 9.52. The summed E-state index contributed by atoms with van der Waals surface area (Å²) in [5, 5.41) is 1.20. The number of nitrogens with zero attached hydrogens (tertiary/aromatic N) is 1. The van der Waals surface area contributed by atoms with E-state index in [4.69, 9.17) is 4.74 Å². The highest BCUT2D eigenvalue weighted by molar-refractivity contribution is 6.02. The van der Waals surface area contributed by atoms with Crippen LogP contribution < -0.4 is 0 Å². The predicted octanol–water partition coefficient (Wildman–Crippen LogP) is 4.27. The number of rotatable bonds is 1. The van der Waals surface area contributed by atoms with Crippen molar-refractivity contribution in [3.05, 3.63) is 34.5 Å². The van der Waals surface area contributed by atoms with E-state index in [0.717, 1.165) is 68.6 Å². The minimum atomic E-state index is 0.0394. The normalized spacial score (nSPS) is 24.2. The van der Waals surface area contributed by atoms with Crippen molar-refractivity contribution in [2.75, 3.05) is 19.7 Å². The van der Waals surface area contributed by atoms with Crippen LogP contribution in [0, 0.1) is 20.8 Å². The van der Waals surface area contributed by atoms with Gasteiger partial charge in [0.1, 0.15) is 5.69 Å². The van der Waals surface area contributed by atoms with Crippen LogP contribution >= 0.6 is 0 Å². The lowest BCUT2D eigenvalue weighted by atomic mass is 9.92. The van der Waals surface area contributed by atoms with Gasteiger partial charge in [0, 0.05) is 30.6 Å². The molecule has 4 nitrogen and oxygen atoms in total. The molecule has 0 unspecified atom stereocenters. The second-order valence-electron chi connectivity index (χ2n) is 7.86. The summed E-state index contributed by atoms with van der Waals surface area (Å²) in [5.41, 5.74) is 5.40. The van der Waals surface area contributed by atoms with E-state index in [0.29, 0.717) is 0 Å². The molecule has 1 aromatic heterocycles. The van der Waals surface area contributed by atoms with Crippen LogP contribution in [0.25, 0.3) is 10.9 Å². The first kappa shape index (κ1) is 16.6. The zero-order chi connectivity index (χ0) is 17.6. The first-order chi connectivity index (χ1) is 12.0. The molecule has 4 rings (SSSR count). The van der Waals surface area contributed by atoms with E-state index in [-0.39, 0.29) is 11.5 Å². The summed E-state index contributed by atoms with van der Waals surface area (Å²) < 4.78 is 6.05. The fourth-order valence-electron chi connectivity index (χ4n) is 4.69. The zero-order valence-corrected chi connectivity index (χ0v) is 15.6. The molecule has 0 bridgehead atoms. The fourth-order valence-corrected chi connectivity index (χ4v) is 4.69. The number of hydrogen-bond acceptors (Lipinski definition) is 2. The van der Waals surface area contributed by atoms with Crippen molar-refractivity contribution < 1.29 is 9.53 Å². The van der Waals surface area contributed by atoms with Crippen molar-refractivity contribution in [1.82, 2.24) is 9.88 Å². The molecule has 1 spiro atoms. The molecule has 25 heavy (non-hydrogen) atoms. The molecule has 2 aliphatic rings. The highest BCUT2D eigenvalue weighted by Crippen LogP contribution is 2.36. The number of aromatic amines is 1. The Labute approximate surface area is 149 Å². The topological polar surface area (TPSA) is 45.3 Å². The molecular formula is C21H28N2O2. The van der Waals surface area contributed by atoms with Crippen molar-refractivity contribution in [2.45, 2.75) is 58.5 Å². The van der Waals surface area contributed by atoms with E-state index in [2.05, 4.69) is 37.9 Å². The number of amides is 1. The highest BCUT2D eigenvalue weighted by Gasteiger charge is 2.37. The Hall–Kier alpha value is -1.81. The third kappa shape index (κ3) is 2.77. The quantitative estimate of drug-likeness (QED) is 0.843. The summed E-state index contributed by atoms with van der Waals surface area (Å²) in [7, 11) is 0. The second kappa shape index (κ2) is 6.17. The third-order valence-electron chi connectivity index (χ3n) is 6.21. The number of hydrogen-bond donors (Lipinski definition) is 1. The fraction of sp³-hybridized carbons (Fsp3) is 0.571. The van der Waals surface area contributed by atoms with Gasteiger partial charge in [0.15, 0.2) is 0 Å². The van der Waals surface area contributed by atoms with Gasteiger partial charge in [-0.1, -0.05) is 12.1 Å². The second-order valence-corrected chi connectivity index (χ2v) is 7.86. The van der Waals surface area contributed by atoms with Gasteiger partial charge in [0.05, 0.1) is 5.60 Å². The maximum Gasteiger partial charge on any atom is 0.270 e. The Bertz CT molecular complexity index is 815. The molecule has 2 fully saturated rings. The lowest BCUT2D eigenvalue weighted by molar-refractivity contribution is -0.00692. The van der Waals surface area contributed by atoms with Gasteiger partial charge >= 0.3 is 0 Å². The lowest BCUT2D eigenvalue weighted by Gasteiger charge is -2.26. The molecule has 1 amide bonds. The van der Waals surface area contributed by atoms with Gasteiger partial charge in [-0.3, -0.25) is 4.79 Å². The highest BCUT2D eigenvalue weighted by atomic mass is 16.5. The molecule has 1 aromatic carbocycles. The molecule has 2 aliphatic heterocycles. The van der Waals surface area contributed by atoms with E-state index < -0.39 is 0 Å². The average Bonchev–Trinajstić information content (AvgIpc) is 3.12. The molecule has 2 aromatic rings. The Morgan fingerprint density at radius 2 is 1.84 bits per heavy atom. The molecule has 0 saturated carbocycles. The number of H-pyrrole nitrogens is 1. The number of likely N-dealkylation sites (tertiary alicyclic amines) is 1. The molecule has 1 N–H and O–H groups in total. The summed E-state index contributed by atoms with van der Waals surface area (Å²) in [5.74, 6) is 0.141. The van der Waals surface area contributed by atoms with Gasteiger partial charge in [0.2, 0.25) is 0 Å². The van der Waals surface area contributed by atoms with Gasteiger partial charge in [-0.25, -0.2) is 0 Å². The molecule has 1 atom stereocenters. The van der Waals surface area contributed by atoms with E-state index in [1.807, 2.05) is 4.90 Å². The summed E-state index contributed by atoms with van der Waals surface area (Å²) in [4.78, 5) is 18.7. The van der Waals surface area contributed by atoms with Crippen molar-refractivity contribution >= 4 is 16.8 Å². The van der Waals surface area contributed by atoms with Crippen LogP contribution in [0.1, 0.15) is 59.3 Å². The number of nitrogens with one attached hydrogen (secondary N) is 1. The van der Waals surface area contributed by atoms with Crippen molar-refractivity contribution in [2.24, 2.45) is 0 Å². The van der Waals surface area contributed by atoms with Crippen LogP contribution in [0.5, 0.6) is 0 Å². The Kier molecular flexibility index (Phi) is 4.11. The Balaban J connectivity index is 1.63. The maximum absolute atomic E-state index is 13.2. The number of benzene rings is 1. The number of fused-ring (bicyclic) bond motifs is 1. The van der Waals surface area contributed by atoms with Gasteiger partial charge in [-0.15, -0.1) is 0 Å². The first-order valence-corrected chi connectivity index (χ1v) is 9.52. The van der Waals surface area contributed by atoms with Crippen LogP contribution in [-0.4, -0.2) is 41.1 Å². The minimum Gasteiger partial charge on any atom is -0.375 e. The van der Waals surface area contributed by atoms with Crippen LogP contribution in [-0.2, 0) is 4.74 Å². The number of carbonyl (C=O) groups is 1. The van der Waals surface area contributed by atoms with Crippen LogP contribution in [0.3, 0.4) is 0 Å². The zero-order valence-electron chi connectivity index (χ0n) is 15.6. The molecule has 134 valence electrons. The number of aromatic nitrogens is 1. The summed E-state index contributed by atoms with van der Waals surface area (Å²) in [6.45, 7) is 8.79. The monoisotopic (exact) mass is 340 g/mol. The van der Waals surface area contributed by atoms with E-state index in [1.54, 1.807) is 0 Å². The van der Waals surface area contributed by atoms with E-state index >= 15 is 0 Å². The lowest BCUT2D eigenvalue weighted by Crippen LogP contribution is -2.34. The SMILES string of the molecule is Cc1ccc(C)c2c(C)c(C(=O)N3CCC[C@@]4(CCCO4)CC3)[nH]c12. The molecule has 3 heterocycles. The van der Waals surface area contributed by atoms with Gasteiger partial charge in [-0.05, 0) is 69.6 Å². The van der Waals surface area contributed by atoms with Crippen LogP contribution in [0.15, 0.2) is 12.1 Å². The number of aryl methyl sites for hydroxylation is 3. The van der Waals surface area contributed by atoms with Crippen LogP contribution in [0.2, 0.25) is 0 Å². The standard InChI is InChI=1S/C21H28N2O2/c1-14-6-7-15(2)18-17(14)16(3)19(22-18)20(24)23-11-4-8-21(10-12-23)9-5-13-25-21/h6-7,22H,4-5,8-13H2,1-3H3/t21-/m1/s1. The van der Waals surface area contributed by atoms with E-state index in [1.165, 1.54) is 16.5 Å². The molecule has 2 saturated heterocycles. The largest absolute Gasteiger partial charge is 0.375 e. The maximum atomic E-state index is 13.2. The smallest absolute Gasteiger partial charge is 0.270 e. The van der Waals surface area contributed by atoms with Gasteiger partial charge in [-0.2, -0.15) is 0 Å². The minimum absolute atomic E-state index is 0.0394. The molecule has 4 heteroatoms. The number of ether oxygens (including phenoxy) is 1. The Morgan fingerprint density at radius 1 is 1.08 bits per heavy atom. The summed E-state index contributed by atoms with van der Waals surface area (Å²) >= 11 is 0. The van der Waals surface area contributed by atoms with Gasteiger partial charge in [0.25, 0.3) is 5.91 Å². The predicted molar refractivity (Wildman–Crippen MR) is 100 cm³/mol. The summed E-state index contributed by atoms with van der Waals surface area (Å²) in [6, 6.07) is 4.26. The third-order valence-corrected chi connectivity index (χ3v) is 6.21. The molecular weight excluding hydrogens is 312 g/mol. The van der Waals surface area contributed by atoms with Gasteiger partial charge < -0.3 is 14.6 Å². The van der Waals surface area contributed by atoms with Crippen molar-refractivity contribution in [1.29, 1.82) is 0 Å². The van der Waals surface area contributed by atoms with Crippen molar-refractivity contribution in [3.63, 3.8) is 0 Å². The van der Waals surface area contributed by atoms with Crippen LogP contribution in [0.4, 0.5) is 0 Å². The number of carbonyl (C=O) groups excluding carboxylic acids is 1. The Morgan fingerprint density at radius 3 is 2.56 bits per heavy atom. The van der Waals surface area contributed by atoms with E-state index in [9.17, 15) is 4.79 Å². The van der Waals surface area contributed by atoms with Crippen molar-refractivity contribution in [3.8, 4) is 0 Å². The molecule has 0 aliphatic carbocycles. The molecule has 0 radical (unpaired) electrons.